The zero-order valence-electron chi connectivity index (χ0n) is 16.3. The average Bonchev–Trinajstić information content (AvgIpc) is 2.84. The van der Waals surface area contributed by atoms with Crippen LogP contribution in [0.2, 0.25) is 0 Å². The number of hydroxylamine groups is 3. The highest BCUT2D eigenvalue weighted by Crippen LogP contribution is 2.38. The van der Waals surface area contributed by atoms with Crippen LogP contribution >= 0.6 is 0 Å². The quantitative estimate of drug-likeness (QED) is 0.450. The molecule has 0 saturated carbocycles. The summed E-state index contributed by atoms with van der Waals surface area (Å²) in [4.78, 5) is 12.4. The second-order valence-electron chi connectivity index (χ2n) is 7.42. The minimum Gasteiger partial charge on any atom is -0.714 e. The van der Waals surface area contributed by atoms with Crippen LogP contribution in [0.15, 0.2) is 54.6 Å². The van der Waals surface area contributed by atoms with Crippen LogP contribution in [-0.2, 0) is 9.94 Å². The van der Waals surface area contributed by atoms with E-state index in [1.165, 1.54) is 7.11 Å². The summed E-state index contributed by atoms with van der Waals surface area (Å²) >= 11 is 0. The lowest BCUT2D eigenvalue weighted by Crippen LogP contribution is -2.58. The van der Waals surface area contributed by atoms with Gasteiger partial charge in [-0.2, -0.15) is 0 Å². The molecule has 0 saturated heterocycles. The first kappa shape index (κ1) is 19.7. The van der Waals surface area contributed by atoms with Gasteiger partial charge in [-0.15, -0.1) is 0 Å². The van der Waals surface area contributed by atoms with E-state index in [-0.39, 0.29) is 12.4 Å². The number of rotatable bonds is 5. The van der Waals surface area contributed by atoms with Crippen molar-refractivity contribution in [2.75, 3.05) is 13.7 Å². The van der Waals surface area contributed by atoms with Crippen LogP contribution in [0, 0.1) is 5.21 Å². The van der Waals surface area contributed by atoms with Gasteiger partial charge in [-0.3, -0.25) is 4.74 Å². The predicted octanol–water partition coefficient (Wildman–Crippen LogP) is 3.01. The van der Waals surface area contributed by atoms with Crippen LogP contribution in [0.3, 0.4) is 0 Å². The maximum absolute atomic E-state index is 13.1. The third-order valence-electron chi connectivity index (χ3n) is 5.50. The molecular weight excluding hydrogens is 360 g/mol. The van der Waals surface area contributed by atoms with Gasteiger partial charge in [0.2, 0.25) is 0 Å². The monoisotopic (exact) mass is 383 g/mol. The van der Waals surface area contributed by atoms with E-state index in [0.29, 0.717) is 26.7 Å². The molecule has 1 atom stereocenters. The number of carbonyl (C=O) groups is 1. The summed E-state index contributed by atoms with van der Waals surface area (Å²) in [6, 6.07) is 15.2. The molecule has 0 N–H and O–H groups in total. The predicted molar refractivity (Wildman–Crippen MR) is 102 cm³/mol. The minimum atomic E-state index is -1.26. The molecule has 7 nitrogen and oxygen atoms in total. The van der Waals surface area contributed by atoms with Crippen molar-refractivity contribution in [3.63, 3.8) is 0 Å². The molecule has 2 aromatic rings. The van der Waals surface area contributed by atoms with Gasteiger partial charge in [0.1, 0.15) is 12.4 Å². The van der Waals surface area contributed by atoms with Crippen LogP contribution in [0.5, 0.6) is 5.75 Å². The lowest BCUT2D eigenvalue weighted by atomic mass is 9.83. The highest BCUT2D eigenvalue weighted by atomic mass is 16.6. The van der Waals surface area contributed by atoms with Crippen LogP contribution in [0.4, 0.5) is 0 Å². The van der Waals surface area contributed by atoms with E-state index >= 15 is 0 Å². The molecule has 1 aliphatic rings. The molecule has 1 aliphatic heterocycles. The largest absolute Gasteiger partial charge is 0.714 e. The number of nitrogens with zero attached hydrogens (tertiary/aromatic N) is 2. The molecule has 7 heteroatoms. The normalized spacial score (nSPS) is 21.0. The lowest BCUT2D eigenvalue weighted by Gasteiger charge is -2.35. The van der Waals surface area contributed by atoms with Gasteiger partial charge in [-0.05, 0) is 57.2 Å². The molecule has 147 valence electrons. The summed E-state index contributed by atoms with van der Waals surface area (Å²) in [5.74, 6) is 0.0579. The Hall–Kier alpha value is -3.06. The molecule has 1 radical (unpaired) electrons. The summed E-state index contributed by atoms with van der Waals surface area (Å²) in [5, 5.41) is 26.7. The maximum Gasteiger partial charge on any atom is 0.338 e. The van der Waals surface area contributed by atoms with Crippen molar-refractivity contribution in [3.8, 4) is 5.75 Å². The minimum absolute atomic E-state index is 0.00796. The highest BCUT2D eigenvalue weighted by Gasteiger charge is 2.63. The maximum atomic E-state index is 13.1. The Labute approximate surface area is 164 Å². The summed E-state index contributed by atoms with van der Waals surface area (Å²) < 4.78 is 11.2. The molecule has 0 aliphatic carbocycles. The average molecular weight is 383 g/mol. The molecular formula is C21H23N2O5. The number of benzene rings is 2. The number of amidine groups is 1. The summed E-state index contributed by atoms with van der Waals surface area (Å²) in [7, 11) is 1.54. The lowest BCUT2D eigenvalue weighted by molar-refractivity contribution is -0.548. The van der Waals surface area contributed by atoms with Crippen molar-refractivity contribution in [2.45, 2.75) is 31.8 Å². The van der Waals surface area contributed by atoms with Crippen LogP contribution in [-0.4, -0.2) is 46.4 Å². The van der Waals surface area contributed by atoms with Crippen molar-refractivity contribution in [1.29, 1.82) is 0 Å². The van der Waals surface area contributed by atoms with Gasteiger partial charge in [-0.1, -0.05) is 23.3 Å². The topological polar surface area (TPSA) is 84.7 Å². The first-order valence-electron chi connectivity index (χ1n) is 8.90. The number of esters is 1. The van der Waals surface area contributed by atoms with Crippen molar-refractivity contribution >= 4 is 11.8 Å². The fourth-order valence-corrected chi connectivity index (χ4v) is 3.12. The standard InChI is InChI=1S/C21H23N2O5/c1-20(2)21(3,14-28-19(24)16-10-12-17(27-4)13-11-16)23(26)18(22(20)25)15-8-6-5-7-9-15/h5-13H,14H2,1-4H3/t21-/m1/s1. The Balaban J connectivity index is 1.86. The SMILES string of the molecule is COc1ccc(C(=O)OC[C@@]2(C)[N+]([O-])=C(c3ccccc3)N([O])C2(C)C)cc1. The van der Waals surface area contributed by atoms with Gasteiger partial charge in [0.25, 0.3) is 0 Å². The van der Waals surface area contributed by atoms with Crippen molar-refractivity contribution in [1.82, 2.24) is 5.06 Å². The zero-order valence-corrected chi connectivity index (χ0v) is 16.3. The summed E-state index contributed by atoms with van der Waals surface area (Å²) in [6.45, 7) is 4.73. The van der Waals surface area contributed by atoms with E-state index in [1.807, 2.05) is 6.07 Å². The van der Waals surface area contributed by atoms with E-state index in [9.17, 15) is 15.2 Å². The summed E-state index contributed by atoms with van der Waals surface area (Å²) in [5.41, 5.74) is -1.52. The van der Waals surface area contributed by atoms with Crippen molar-refractivity contribution < 1.29 is 24.2 Å². The van der Waals surface area contributed by atoms with E-state index in [0.717, 1.165) is 0 Å². The number of hydrogen-bond donors (Lipinski definition) is 0. The third kappa shape index (κ3) is 3.07. The number of methoxy groups -OCH3 is 1. The van der Waals surface area contributed by atoms with E-state index < -0.39 is 17.0 Å². The highest BCUT2D eigenvalue weighted by molar-refractivity contribution is 5.96. The van der Waals surface area contributed by atoms with Gasteiger partial charge in [0, 0.05) is 5.21 Å². The first-order valence-corrected chi connectivity index (χ1v) is 8.90. The van der Waals surface area contributed by atoms with Crippen molar-refractivity contribution in [2.24, 2.45) is 0 Å². The smallest absolute Gasteiger partial charge is 0.338 e. The molecule has 2 aromatic carbocycles. The molecule has 0 spiro atoms. The Morgan fingerprint density at radius 1 is 1.07 bits per heavy atom. The van der Waals surface area contributed by atoms with Crippen LogP contribution in [0.25, 0.3) is 0 Å². The Morgan fingerprint density at radius 3 is 2.25 bits per heavy atom. The van der Waals surface area contributed by atoms with Gasteiger partial charge >= 0.3 is 11.8 Å². The third-order valence-corrected chi connectivity index (χ3v) is 5.50. The zero-order chi connectivity index (χ0) is 20.5. The Morgan fingerprint density at radius 2 is 1.68 bits per heavy atom. The van der Waals surface area contributed by atoms with E-state index in [2.05, 4.69) is 0 Å². The van der Waals surface area contributed by atoms with E-state index in [4.69, 9.17) is 9.47 Å². The molecule has 0 aromatic heterocycles. The number of ether oxygens (including phenoxy) is 2. The fourth-order valence-electron chi connectivity index (χ4n) is 3.12. The van der Waals surface area contributed by atoms with Crippen LogP contribution < -0.4 is 4.74 Å². The Kier molecular flexibility index (Phi) is 5.04. The molecule has 1 heterocycles. The van der Waals surface area contributed by atoms with Gasteiger partial charge < -0.3 is 14.7 Å². The van der Waals surface area contributed by atoms with Crippen molar-refractivity contribution in [3.05, 3.63) is 70.9 Å². The Bertz CT molecular complexity index is 893. The number of hydrogen-bond acceptors (Lipinski definition) is 5. The second-order valence-corrected chi connectivity index (χ2v) is 7.42. The fraction of sp³-hybridized carbons (Fsp3) is 0.333. The molecule has 3 rings (SSSR count). The van der Waals surface area contributed by atoms with E-state index in [1.54, 1.807) is 69.3 Å². The van der Waals surface area contributed by atoms with Crippen LogP contribution in [0.1, 0.15) is 36.7 Å². The molecule has 28 heavy (non-hydrogen) atoms. The number of carbonyl (C=O) groups excluding carboxylic acids is 1. The summed E-state index contributed by atoms with van der Waals surface area (Å²) in [6.07, 6.45) is 0. The first-order chi connectivity index (χ1) is 13.2. The molecule has 0 bridgehead atoms. The van der Waals surface area contributed by atoms with Gasteiger partial charge in [-0.25, -0.2) is 4.79 Å². The molecule has 0 fully saturated rings. The second kappa shape index (κ2) is 7.16. The van der Waals surface area contributed by atoms with Gasteiger partial charge in [0.05, 0.1) is 18.2 Å². The molecule has 0 amide bonds. The molecule has 0 unspecified atom stereocenters. The van der Waals surface area contributed by atoms with Gasteiger partial charge in [0.15, 0.2) is 11.1 Å².